The molecule has 4 aliphatic rings. The Morgan fingerprint density at radius 1 is 0.547 bits per heavy atom. The summed E-state index contributed by atoms with van der Waals surface area (Å²) in [7, 11) is 0. The first-order valence-electron chi connectivity index (χ1n) is 35.6. The van der Waals surface area contributed by atoms with Gasteiger partial charge in [-0.25, -0.2) is 0 Å². The number of carbonyl (C=O) groups excluding carboxylic acids is 1. The number of hydrogen-bond donors (Lipinski definition) is 4. The van der Waals surface area contributed by atoms with Crippen LogP contribution in [-0.4, -0.2) is 243 Å². The molecule has 3 unspecified atom stereocenters. The van der Waals surface area contributed by atoms with E-state index in [1.807, 2.05) is 19.9 Å². The number of nitrogens with zero attached hydrogens (tertiary/aromatic N) is 5. The molecule has 0 saturated carbocycles. The van der Waals surface area contributed by atoms with Gasteiger partial charge in [-0.1, -0.05) is 122 Å². The number of aliphatic hydroxyl groups is 2. The number of alkyl halides is 2. The van der Waals surface area contributed by atoms with Gasteiger partial charge in [0.1, 0.15) is 5.78 Å². The quantitative estimate of drug-likeness (QED) is 0.0330. The number of rotatable bonds is 28. The van der Waals surface area contributed by atoms with E-state index < -0.39 is 0 Å². The summed E-state index contributed by atoms with van der Waals surface area (Å²) in [5, 5.41) is 20.9. The average molecular weight is 1650 g/mol. The molecular weight excluding hydrogens is 1480 g/mol. The normalized spacial score (nSPS) is 16.2. The summed E-state index contributed by atoms with van der Waals surface area (Å²) >= 11 is 6.38. The Hall–Kier alpha value is 1.78. The van der Waals surface area contributed by atoms with Gasteiger partial charge in [0, 0.05) is 165 Å². The van der Waals surface area contributed by atoms with Crippen LogP contribution in [0.2, 0.25) is 0 Å². The van der Waals surface area contributed by atoms with Crippen molar-refractivity contribution in [3.63, 3.8) is 0 Å². The molecule has 0 aromatic rings. The van der Waals surface area contributed by atoms with Gasteiger partial charge in [-0.3, -0.25) is 24.4 Å². The van der Waals surface area contributed by atoms with Gasteiger partial charge in [0.05, 0.1) is 38.0 Å². The molecule has 4 rings (SSSR count). The minimum atomic E-state index is 0. The number of ether oxygens (including phenoxy) is 7. The molecule has 0 aliphatic carbocycles. The van der Waals surface area contributed by atoms with E-state index in [9.17, 15) is 4.79 Å². The van der Waals surface area contributed by atoms with Crippen LogP contribution in [0.1, 0.15) is 252 Å². The third-order valence-electron chi connectivity index (χ3n) is 13.9. The van der Waals surface area contributed by atoms with Crippen molar-refractivity contribution >= 4 is 37.6 Å². The maximum atomic E-state index is 9.77. The number of halogens is 2. The van der Waals surface area contributed by atoms with E-state index in [0.29, 0.717) is 66.3 Å². The summed E-state index contributed by atoms with van der Waals surface area (Å²) < 4.78 is 37.5. The van der Waals surface area contributed by atoms with Crippen molar-refractivity contribution in [2.45, 2.75) is 325 Å². The first-order valence-corrected chi connectivity index (χ1v) is 37.8. The van der Waals surface area contributed by atoms with Crippen LogP contribution in [0.15, 0.2) is 12.3 Å². The Bertz CT molecular complexity index is 1340. The molecule has 0 bridgehead atoms. The van der Waals surface area contributed by atoms with E-state index in [4.69, 9.17) is 49.1 Å². The smallest absolute Gasteiger partial charge is 0.157 e. The Balaban J connectivity index is -0.0000000923. The Labute approximate surface area is 660 Å². The van der Waals surface area contributed by atoms with Crippen molar-refractivity contribution in [2.75, 3.05) is 129 Å². The van der Waals surface area contributed by atoms with Gasteiger partial charge in [0.25, 0.3) is 0 Å². The van der Waals surface area contributed by atoms with Gasteiger partial charge < -0.3 is 73.2 Å². The van der Waals surface area contributed by atoms with E-state index in [0.717, 1.165) is 123 Å². The number of ketones is 1. The van der Waals surface area contributed by atoms with Gasteiger partial charge in [-0.2, -0.15) is 0 Å². The Morgan fingerprint density at radius 2 is 0.884 bits per heavy atom. The van der Waals surface area contributed by atoms with E-state index in [-0.39, 0.29) is 118 Å². The number of aliphatic hydroxyl groups excluding tert-OH is 2. The van der Waals surface area contributed by atoms with E-state index >= 15 is 0 Å². The molecule has 3 fully saturated rings. The molecular formula is C74H165Br2N7O10Y2-2. The number of nitrogens with one attached hydrogen (secondary N) is 1. The first kappa shape index (κ1) is 121. The molecule has 4 aliphatic heterocycles. The standard InChI is InChI=1S/C12H25NO2.C10H21NO2.2C8H19N.C7H16BrN.C7H17NO.C7H13O2.C5H8O.C3H5BrO.C3H9N.C2H5O.2CH4.2Y/c1-4-13(11(2)3)8-10-15-12-7-5-6-9-14-12;1-9(2)11-6-8-13-10-5-3-4-7-12-10;2*1-6-9(7(2)3)8(4)5;1-4-9(6-5-8)7(2)3;1-4-8(5-6-9)7(2)3;1-2-8-7-5-3-4-6-9-7;1-2-4-6-5-3-1;1-3(5)2-4;1-3(2)4;1-2-3;;;;/h11-12H,4-10H2,1-3H3;9-11H,3-8H2,1-2H3;2*7-8H,6H2,1-5H3;7H,4-6H2,1-3H3;7,9H,4-6H2,1-3H3;7H,1-6H2;2,4H,1,3,5H2;2H2,1H3;3H,4H2,1-2H3;3H,1-2H2;2*1H4;;/q;;;;;;-1;;;;-1;;;;. The zero-order chi connectivity index (χ0) is 71.4. The molecule has 2 radical (unpaired) electrons. The Kier molecular flexibility index (Phi) is 117. The largest absolute Gasteiger partial charge is 0.502 e. The molecule has 3 saturated heterocycles. The van der Waals surface area contributed by atoms with E-state index in [1.165, 1.54) is 58.3 Å². The zero-order valence-electron chi connectivity index (χ0n) is 65.3. The monoisotopic (exact) mass is 1650 g/mol. The topological polar surface area (TPSA) is 176 Å². The van der Waals surface area contributed by atoms with Crippen LogP contribution < -0.4 is 11.1 Å². The van der Waals surface area contributed by atoms with Crippen LogP contribution in [0.4, 0.5) is 0 Å². The molecule has 95 heavy (non-hydrogen) atoms. The number of hydrogen-bond acceptors (Lipinski definition) is 17. The molecule has 578 valence electrons. The molecule has 3 atom stereocenters. The van der Waals surface area contributed by atoms with Crippen molar-refractivity contribution < 1.29 is 114 Å². The zero-order valence-corrected chi connectivity index (χ0v) is 74.2. The number of likely N-dealkylation sites (N-methyl/N-ethyl adjacent to an activating group) is 2. The second kappa shape index (κ2) is 91.9. The van der Waals surface area contributed by atoms with Gasteiger partial charge in [-0.15, -0.1) is 0 Å². The maximum absolute atomic E-state index is 9.77. The van der Waals surface area contributed by atoms with Crippen LogP contribution >= 0.6 is 31.9 Å². The number of nitrogens with two attached hydrogens (primary N) is 1. The van der Waals surface area contributed by atoms with Crippen molar-refractivity contribution in [3.8, 4) is 0 Å². The van der Waals surface area contributed by atoms with Gasteiger partial charge in [-0.05, 0) is 219 Å². The number of Topliss-reactive ketones (excluding diaryl/α,β-unsaturated/α-hetero) is 1. The summed E-state index contributed by atoms with van der Waals surface area (Å²) in [4.78, 5) is 21.7. The summed E-state index contributed by atoms with van der Waals surface area (Å²) in [6.07, 6.45) is 16.8. The third kappa shape index (κ3) is 95.8. The van der Waals surface area contributed by atoms with Crippen LogP contribution in [-0.2, 0) is 103 Å². The van der Waals surface area contributed by atoms with Crippen LogP contribution in [0, 0.1) is 13.8 Å². The molecule has 0 aromatic carbocycles. The van der Waals surface area contributed by atoms with Crippen molar-refractivity contribution in [3.05, 3.63) is 26.2 Å². The molecule has 0 amide bonds. The van der Waals surface area contributed by atoms with Crippen molar-refractivity contribution in [1.29, 1.82) is 0 Å². The molecule has 4 heterocycles. The third-order valence-corrected chi connectivity index (χ3v) is 15.1. The first-order chi connectivity index (χ1) is 43.0. The fourth-order valence-corrected chi connectivity index (χ4v) is 9.68. The average Bonchev–Trinajstić information content (AvgIpc) is 3.14. The summed E-state index contributed by atoms with van der Waals surface area (Å²) in [5.41, 5.74) is 5.11. The second-order valence-corrected chi connectivity index (χ2v) is 26.3. The minimum absolute atomic E-state index is 0. The van der Waals surface area contributed by atoms with Crippen molar-refractivity contribution in [2.24, 2.45) is 5.73 Å². The van der Waals surface area contributed by atoms with Gasteiger partial charge >= 0.3 is 0 Å². The Morgan fingerprint density at radius 3 is 1.06 bits per heavy atom. The van der Waals surface area contributed by atoms with Gasteiger partial charge in [0.15, 0.2) is 18.9 Å². The summed E-state index contributed by atoms with van der Waals surface area (Å²) in [6, 6.07) is 5.48. The maximum Gasteiger partial charge on any atom is 0.157 e. The summed E-state index contributed by atoms with van der Waals surface area (Å²) in [5.74, 6) is 0.171. The number of allylic oxidation sites excluding steroid dienone is 1. The summed E-state index contributed by atoms with van der Waals surface area (Å²) in [6.45, 7) is 73.6. The fourth-order valence-electron chi connectivity index (χ4n) is 9.22. The molecule has 0 spiro atoms. The fraction of sp³-hybridized carbons (Fsp3) is 0.932. The molecule has 21 heteroatoms. The van der Waals surface area contributed by atoms with E-state index in [2.05, 4.69) is 221 Å². The predicted molar refractivity (Wildman–Crippen MR) is 414 cm³/mol. The predicted octanol–water partition coefficient (Wildman–Crippen LogP) is 15.9. The number of carbonyl (C=O) groups is 1. The van der Waals surface area contributed by atoms with Crippen LogP contribution in [0.3, 0.4) is 0 Å². The molecule has 5 N–H and O–H groups in total. The molecule has 0 aromatic heterocycles. The molecule has 17 nitrogen and oxygen atoms in total. The van der Waals surface area contributed by atoms with Crippen LogP contribution in [0.25, 0.3) is 0 Å². The van der Waals surface area contributed by atoms with Gasteiger partial charge in [0.2, 0.25) is 0 Å². The SMILES string of the molecule is C.C.C1=COCCC1.CC(=O)CBr.CC(C)N.CC(C)NCCOC1CCCCO1.CCN(C(C)C)C(C)C.CCN(C(C)C)C(C)C.CCN(CCBr)C(C)C.CCN(CCO)C(C)C.CCN(CCOC1CCCCO1)C(C)C.[CH2-]CO.[CH2-]COC1CCCCO1.[Y].[Y]. The minimum Gasteiger partial charge on any atom is -0.502 e. The van der Waals surface area contributed by atoms with E-state index in [1.54, 1.807) is 6.26 Å². The second-order valence-electron chi connectivity index (χ2n) is 24.9. The van der Waals surface area contributed by atoms with Crippen molar-refractivity contribution in [1.82, 2.24) is 29.8 Å². The van der Waals surface area contributed by atoms with Crippen LogP contribution in [0.5, 0.6) is 0 Å².